The number of ether oxygens (including phenoxy) is 4. The van der Waals surface area contributed by atoms with E-state index in [1.54, 1.807) is 12.1 Å². The molecule has 2 aromatic rings. The fourth-order valence-electron chi connectivity index (χ4n) is 3.03. The highest BCUT2D eigenvalue weighted by molar-refractivity contribution is 9.09. The molecule has 0 atom stereocenters. The Morgan fingerprint density at radius 3 is 1.82 bits per heavy atom. The van der Waals surface area contributed by atoms with Crippen molar-refractivity contribution in [2.75, 3.05) is 11.2 Å². The van der Waals surface area contributed by atoms with Gasteiger partial charge in [-0.1, -0.05) is 28.1 Å². The largest absolute Gasteiger partial charge is 0.586 e. The molecule has 0 aromatic heterocycles. The number of hydrogen-bond donors (Lipinski definition) is 0. The first-order valence-corrected chi connectivity index (χ1v) is 11.4. The molecule has 1 aliphatic carbocycles. The van der Waals surface area contributed by atoms with Crippen LogP contribution in [0.2, 0.25) is 0 Å². The van der Waals surface area contributed by atoms with E-state index in [2.05, 4.69) is 40.9 Å². The van der Waals surface area contributed by atoms with Crippen LogP contribution in [0.5, 0.6) is 23.0 Å². The molecule has 0 bridgehead atoms. The molecule has 2 aliphatic heterocycles. The van der Waals surface area contributed by atoms with Crippen LogP contribution >= 0.6 is 27.5 Å². The maximum atomic E-state index is 12.8. The summed E-state index contributed by atoms with van der Waals surface area (Å²) in [4.78, 5) is 0. The third kappa shape index (κ3) is 6.16. The monoisotopic (exact) mass is 562 g/mol. The number of benzene rings is 2. The molecule has 0 radical (unpaired) electrons. The van der Waals surface area contributed by atoms with E-state index in [4.69, 9.17) is 22.1 Å². The second-order valence-electron chi connectivity index (χ2n) is 7.18. The maximum absolute atomic E-state index is 12.8. The Morgan fingerprint density at radius 1 is 0.853 bits per heavy atom. The molecule has 0 saturated heterocycles. The molecule has 180 valence electrons. The Bertz CT molecular complexity index is 1130. The number of hydrogen-bond acceptors (Lipinski definition) is 6. The summed E-state index contributed by atoms with van der Waals surface area (Å²) in [6, 6.07) is 12.9. The van der Waals surface area contributed by atoms with Gasteiger partial charge in [0, 0.05) is 11.2 Å². The van der Waals surface area contributed by atoms with Crippen LogP contribution in [0.25, 0.3) is 0 Å². The molecule has 1 saturated carbocycles. The highest BCUT2D eigenvalue weighted by Crippen LogP contribution is 2.51. The van der Waals surface area contributed by atoms with Crippen molar-refractivity contribution < 1.29 is 36.5 Å². The zero-order chi connectivity index (χ0) is 25.0. The van der Waals surface area contributed by atoms with Crippen molar-refractivity contribution in [2.45, 2.75) is 37.3 Å². The lowest BCUT2D eigenvalue weighted by molar-refractivity contribution is -0.287. The van der Waals surface area contributed by atoms with Crippen molar-refractivity contribution in [3.05, 3.63) is 47.5 Å². The quantitative estimate of drug-likeness (QED) is 0.324. The highest BCUT2D eigenvalue weighted by atomic mass is 79.9. The van der Waals surface area contributed by atoms with Gasteiger partial charge in [-0.15, -0.1) is 29.2 Å². The van der Waals surface area contributed by atoms with Crippen LogP contribution in [0.1, 0.15) is 24.0 Å². The summed E-state index contributed by atoms with van der Waals surface area (Å²) in [6.07, 6.45) is -5.50. The minimum absolute atomic E-state index is 0.00307. The molecule has 34 heavy (non-hydrogen) atoms. The van der Waals surface area contributed by atoms with Crippen molar-refractivity contribution in [1.29, 1.82) is 10.5 Å². The molecule has 0 amide bonds. The van der Waals surface area contributed by atoms with Gasteiger partial charge in [0.1, 0.15) is 0 Å². The number of rotatable bonds is 3. The Balaban J connectivity index is 0.000000166. The van der Waals surface area contributed by atoms with Gasteiger partial charge in [-0.3, -0.25) is 0 Å². The Kier molecular flexibility index (Phi) is 7.69. The van der Waals surface area contributed by atoms with Gasteiger partial charge in [-0.05, 0) is 48.2 Å². The SMILES string of the molecule is ClCCBr.N#CC1(c2ccc3c(c2)OC(F)(F)O3)CC1.N#CCc1ccc2c(c1)OC(F)(F)O2. The van der Waals surface area contributed by atoms with Crippen LogP contribution in [-0.2, 0) is 11.8 Å². The van der Waals surface area contributed by atoms with Crippen molar-refractivity contribution in [2.24, 2.45) is 0 Å². The number of nitrogens with zero attached hydrogens (tertiary/aromatic N) is 2. The van der Waals surface area contributed by atoms with E-state index in [-0.39, 0.29) is 29.4 Å². The number of fused-ring (bicyclic) bond motifs is 2. The highest BCUT2D eigenvalue weighted by Gasteiger charge is 2.48. The van der Waals surface area contributed by atoms with Gasteiger partial charge in [0.05, 0.1) is 24.0 Å². The lowest BCUT2D eigenvalue weighted by Gasteiger charge is -2.06. The van der Waals surface area contributed by atoms with E-state index in [0.29, 0.717) is 11.4 Å². The summed E-state index contributed by atoms with van der Waals surface area (Å²) in [5.74, 6) is 0.700. The molecule has 0 N–H and O–H groups in total. The van der Waals surface area contributed by atoms with E-state index < -0.39 is 18.0 Å². The average Bonchev–Trinajstić information content (AvgIpc) is 3.43. The first kappa shape index (κ1) is 25.7. The first-order valence-electron chi connectivity index (χ1n) is 9.76. The van der Waals surface area contributed by atoms with Gasteiger partial charge in [-0.2, -0.15) is 10.5 Å². The van der Waals surface area contributed by atoms with Crippen LogP contribution in [-0.4, -0.2) is 23.8 Å². The third-order valence-corrected chi connectivity index (χ3v) is 5.78. The predicted octanol–water partition coefficient (Wildman–Crippen LogP) is 6.26. The normalized spacial score (nSPS) is 18.2. The van der Waals surface area contributed by atoms with Crippen LogP contribution in [0.3, 0.4) is 0 Å². The summed E-state index contributed by atoms with van der Waals surface area (Å²) >= 11 is 8.26. The first-order chi connectivity index (χ1) is 16.1. The Hall–Kier alpha value is -2.89. The van der Waals surface area contributed by atoms with Crippen LogP contribution in [0, 0.1) is 22.7 Å². The Morgan fingerprint density at radius 2 is 1.35 bits per heavy atom. The van der Waals surface area contributed by atoms with Gasteiger partial charge in [-0.25, -0.2) is 0 Å². The zero-order valence-electron chi connectivity index (χ0n) is 17.3. The molecule has 3 aliphatic rings. The van der Waals surface area contributed by atoms with Crippen LogP contribution in [0.4, 0.5) is 17.6 Å². The Labute approximate surface area is 205 Å². The molecule has 0 spiro atoms. The van der Waals surface area contributed by atoms with Crippen molar-refractivity contribution in [3.63, 3.8) is 0 Å². The van der Waals surface area contributed by atoms with Gasteiger partial charge in [0.15, 0.2) is 23.0 Å². The fourth-order valence-corrected chi connectivity index (χ4v) is 3.03. The molecule has 5 rings (SSSR count). The van der Waals surface area contributed by atoms with E-state index >= 15 is 0 Å². The summed E-state index contributed by atoms with van der Waals surface area (Å²) in [5, 5.41) is 18.3. The van der Waals surface area contributed by atoms with Gasteiger partial charge >= 0.3 is 12.6 Å². The zero-order valence-corrected chi connectivity index (χ0v) is 19.6. The standard InChI is InChI=1S/C11H7F2NO2.C9H5F2NO2.C2H4BrCl/c12-11(13)15-8-2-1-7(5-9(8)16-11)10(6-14)3-4-10;10-9(11)13-7-2-1-6(3-4-12)5-8(7)14-9;3-1-2-4/h1-2,5H,3-4H2;1-2,5H,3H2;1-2H2. The second-order valence-corrected chi connectivity index (χ2v) is 8.36. The molecule has 2 heterocycles. The lowest BCUT2D eigenvalue weighted by Crippen LogP contribution is -2.25. The lowest BCUT2D eigenvalue weighted by atomic mass is 9.97. The smallest absolute Gasteiger partial charge is 0.395 e. The number of nitriles is 2. The summed E-state index contributed by atoms with van der Waals surface area (Å²) in [5.41, 5.74) is 0.832. The minimum Gasteiger partial charge on any atom is -0.395 e. The second kappa shape index (κ2) is 10.2. The van der Waals surface area contributed by atoms with Gasteiger partial charge < -0.3 is 18.9 Å². The summed E-state index contributed by atoms with van der Waals surface area (Å²) in [6.45, 7) is 0. The predicted molar refractivity (Wildman–Crippen MR) is 116 cm³/mol. The number of alkyl halides is 6. The van der Waals surface area contributed by atoms with E-state index in [9.17, 15) is 17.6 Å². The average molecular weight is 564 g/mol. The molecule has 1 fully saturated rings. The van der Waals surface area contributed by atoms with Crippen molar-refractivity contribution in [1.82, 2.24) is 0 Å². The molecular formula is C22H16BrClF4N2O4. The van der Waals surface area contributed by atoms with E-state index in [1.807, 2.05) is 6.07 Å². The number of halogens is 6. The van der Waals surface area contributed by atoms with Crippen LogP contribution in [0.15, 0.2) is 36.4 Å². The van der Waals surface area contributed by atoms with E-state index in [0.717, 1.165) is 23.7 Å². The third-order valence-electron chi connectivity index (χ3n) is 4.74. The van der Waals surface area contributed by atoms with Crippen LogP contribution < -0.4 is 18.9 Å². The van der Waals surface area contributed by atoms with Crippen molar-refractivity contribution >= 4 is 27.5 Å². The van der Waals surface area contributed by atoms with Crippen molar-refractivity contribution in [3.8, 4) is 35.1 Å². The molecule has 0 unspecified atom stereocenters. The molecular weight excluding hydrogens is 548 g/mol. The van der Waals surface area contributed by atoms with Gasteiger partial charge in [0.25, 0.3) is 0 Å². The fraction of sp³-hybridized carbons (Fsp3) is 0.364. The topological polar surface area (TPSA) is 84.5 Å². The molecule has 2 aromatic carbocycles. The summed E-state index contributed by atoms with van der Waals surface area (Å²) < 4.78 is 67.6. The maximum Gasteiger partial charge on any atom is 0.586 e. The minimum atomic E-state index is -3.59. The van der Waals surface area contributed by atoms with E-state index in [1.165, 1.54) is 24.3 Å². The molecule has 12 heteroatoms. The van der Waals surface area contributed by atoms with Gasteiger partial charge in [0.2, 0.25) is 0 Å². The molecule has 6 nitrogen and oxygen atoms in total. The summed E-state index contributed by atoms with van der Waals surface area (Å²) in [7, 11) is 0.